The maximum Gasteiger partial charge on any atom is 0.334 e. The molecule has 21 heavy (non-hydrogen) atoms. The van der Waals surface area contributed by atoms with Crippen molar-refractivity contribution in [1.82, 2.24) is 0 Å². The molecule has 0 amide bonds. The van der Waals surface area contributed by atoms with Crippen molar-refractivity contribution in [3.05, 3.63) is 62.2 Å². The van der Waals surface area contributed by atoms with E-state index in [0.717, 1.165) is 7.11 Å². The maximum absolute atomic E-state index is 11.6. The summed E-state index contributed by atoms with van der Waals surface area (Å²) in [6.07, 6.45) is 0. The molecule has 1 aromatic rings. The number of hydrogen-bond acceptors (Lipinski definition) is 6. The number of benzene rings is 1. The molecule has 2 unspecified atom stereocenters. The zero-order chi connectivity index (χ0) is 16.2. The van der Waals surface area contributed by atoms with Gasteiger partial charge in [-0.05, 0) is 0 Å². The molecule has 0 spiro atoms. The van der Waals surface area contributed by atoms with Crippen LogP contribution in [0.5, 0.6) is 0 Å². The van der Waals surface area contributed by atoms with Gasteiger partial charge in [0, 0.05) is 29.0 Å². The summed E-state index contributed by atoms with van der Waals surface area (Å²) in [5.74, 6) is -1.99. The van der Waals surface area contributed by atoms with Gasteiger partial charge in [0.1, 0.15) is 0 Å². The summed E-state index contributed by atoms with van der Waals surface area (Å²) in [4.78, 5) is 32.5. The van der Waals surface area contributed by atoms with Crippen LogP contribution < -0.4 is 0 Å². The fraction of sp³-hybridized carbons (Fsp3) is 0.308. The average Bonchev–Trinajstić information content (AvgIpc) is 2.46. The molecule has 0 bridgehead atoms. The highest BCUT2D eigenvalue weighted by molar-refractivity contribution is 5.89. The molecule has 0 saturated heterocycles. The van der Waals surface area contributed by atoms with E-state index in [1.165, 1.54) is 31.2 Å². The quantitative estimate of drug-likeness (QED) is 0.343. The number of nitrogens with zero attached hydrogens (tertiary/aromatic N) is 2. The Hall–Kier alpha value is -2.77. The third-order valence-corrected chi connectivity index (χ3v) is 3.11. The minimum atomic E-state index is -1.27. The van der Waals surface area contributed by atoms with Crippen molar-refractivity contribution in [2.45, 2.75) is 18.9 Å². The highest BCUT2D eigenvalue weighted by Gasteiger charge is 2.38. The van der Waals surface area contributed by atoms with E-state index in [0.29, 0.717) is 0 Å². The first-order chi connectivity index (χ1) is 9.81. The highest BCUT2D eigenvalue weighted by Crippen LogP contribution is 2.35. The number of nitro benzene ring substituents is 1. The normalized spacial score (nSPS) is 13.0. The van der Waals surface area contributed by atoms with Crippen LogP contribution in [0.1, 0.15) is 18.4 Å². The van der Waals surface area contributed by atoms with E-state index in [4.69, 9.17) is 0 Å². The van der Waals surface area contributed by atoms with Gasteiger partial charge in [-0.2, -0.15) is 0 Å². The maximum atomic E-state index is 11.6. The molecule has 0 N–H and O–H groups in total. The van der Waals surface area contributed by atoms with Crippen LogP contribution in [-0.4, -0.2) is 29.0 Å². The molecule has 112 valence electrons. The summed E-state index contributed by atoms with van der Waals surface area (Å²) in [5, 5.41) is 22.1. The number of esters is 1. The zero-order valence-electron chi connectivity index (χ0n) is 11.5. The van der Waals surface area contributed by atoms with Gasteiger partial charge in [-0.3, -0.25) is 20.2 Å². The Balaban J connectivity index is 3.44. The molecule has 0 aliphatic heterocycles. The number of methoxy groups -OCH3 is 1. The molecule has 0 radical (unpaired) electrons. The first-order valence-electron chi connectivity index (χ1n) is 5.95. The van der Waals surface area contributed by atoms with Crippen molar-refractivity contribution in [2.24, 2.45) is 0 Å². The fourth-order valence-corrected chi connectivity index (χ4v) is 2.04. The Morgan fingerprint density at radius 2 is 1.86 bits per heavy atom. The Kier molecular flexibility index (Phi) is 5.12. The SMILES string of the molecule is C=C(C(=O)OC)C(c1ccccc1[N+](=O)[O-])C(C)[N+](=O)[O-]. The number of nitro groups is 2. The smallest absolute Gasteiger partial charge is 0.334 e. The molecule has 0 saturated carbocycles. The van der Waals surface area contributed by atoms with Gasteiger partial charge in [-0.25, -0.2) is 4.79 Å². The molecular weight excluding hydrogens is 280 g/mol. The van der Waals surface area contributed by atoms with E-state index in [1.807, 2.05) is 0 Å². The summed E-state index contributed by atoms with van der Waals surface area (Å²) in [6, 6.07) is 4.28. The van der Waals surface area contributed by atoms with E-state index in [1.54, 1.807) is 0 Å². The lowest BCUT2D eigenvalue weighted by atomic mass is 9.85. The average molecular weight is 294 g/mol. The first kappa shape index (κ1) is 16.3. The van der Waals surface area contributed by atoms with Gasteiger partial charge >= 0.3 is 5.97 Å². The summed E-state index contributed by atoms with van der Waals surface area (Å²) in [5.41, 5.74) is -0.445. The van der Waals surface area contributed by atoms with Gasteiger partial charge in [0.15, 0.2) is 0 Å². The molecule has 8 heteroatoms. The molecule has 0 aromatic heterocycles. The van der Waals surface area contributed by atoms with Crippen LogP contribution in [0.25, 0.3) is 0 Å². The van der Waals surface area contributed by atoms with Crippen molar-refractivity contribution in [2.75, 3.05) is 7.11 Å². The third-order valence-electron chi connectivity index (χ3n) is 3.11. The van der Waals surface area contributed by atoms with Crippen LogP contribution in [0.3, 0.4) is 0 Å². The second-order valence-electron chi connectivity index (χ2n) is 4.34. The molecule has 2 atom stereocenters. The Morgan fingerprint density at radius 1 is 1.29 bits per heavy atom. The zero-order valence-corrected chi connectivity index (χ0v) is 11.5. The van der Waals surface area contributed by atoms with E-state index >= 15 is 0 Å². The summed E-state index contributed by atoms with van der Waals surface area (Å²) >= 11 is 0. The molecule has 0 fully saturated rings. The van der Waals surface area contributed by atoms with Crippen molar-refractivity contribution in [3.63, 3.8) is 0 Å². The lowest BCUT2D eigenvalue weighted by Crippen LogP contribution is -2.29. The molecular formula is C13H14N2O6. The summed E-state index contributed by atoms with van der Waals surface area (Å²) in [6.45, 7) is 4.76. The summed E-state index contributed by atoms with van der Waals surface area (Å²) < 4.78 is 4.51. The topological polar surface area (TPSA) is 113 Å². The van der Waals surface area contributed by atoms with E-state index in [9.17, 15) is 25.0 Å². The molecule has 0 heterocycles. The van der Waals surface area contributed by atoms with E-state index in [-0.39, 0.29) is 16.8 Å². The second-order valence-corrected chi connectivity index (χ2v) is 4.34. The molecule has 8 nitrogen and oxygen atoms in total. The van der Waals surface area contributed by atoms with Crippen molar-refractivity contribution in [3.8, 4) is 0 Å². The van der Waals surface area contributed by atoms with Crippen molar-refractivity contribution >= 4 is 11.7 Å². The fourth-order valence-electron chi connectivity index (χ4n) is 2.04. The van der Waals surface area contributed by atoms with Crippen LogP contribution in [0.2, 0.25) is 0 Å². The van der Waals surface area contributed by atoms with Gasteiger partial charge in [-0.1, -0.05) is 24.8 Å². The Morgan fingerprint density at radius 3 is 2.33 bits per heavy atom. The van der Waals surface area contributed by atoms with Crippen LogP contribution in [0.15, 0.2) is 36.4 Å². The number of para-hydroxylation sites is 1. The van der Waals surface area contributed by atoms with Crippen molar-refractivity contribution < 1.29 is 19.4 Å². The van der Waals surface area contributed by atoms with Gasteiger partial charge in [0.2, 0.25) is 6.04 Å². The van der Waals surface area contributed by atoms with Crippen LogP contribution in [0, 0.1) is 20.2 Å². The standard InChI is InChI=1S/C13H14N2O6/c1-8(13(16)21-3)12(9(2)14(17)18)10-6-4-5-7-11(10)15(19)20/h4-7,9,12H,1H2,2-3H3. The lowest BCUT2D eigenvalue weighted by Gasteiger charge is -2.19. The first-order valence-corrected chi connectivity index (χ1v) is 5.95. The number of carbonyl (C=O) groups excluding carboxylic acids is 1. The number of rotatable bonds is 6. The monoisotopic (exact) mass is 294 g/mol. The molecule has 1 aromatic carbocycles. The third kappa shape index (κ3) is 3.41. The summed E-state index contributed by atoms with van der Waals surface area (Å²) in [7, 11) is 1.11. The van der Waals surface area contributed by atoms with Crippen LogP contribution in [-0.2, 0) is 9.53 Å². The van der Waals surface area contributed by atoms with Crippen molar-refractivity contribution in [1.29, 1.82) is 0 Å². The molecule has 0 aliphatic rings. The van der Waals surface area contributed by atoms with E-state index in [2.05, 4.69) is 11.3 Å². The van der Waals surface area contributed by atoms with Crippen LogP contribution >= 0.6 is 0 Å². The van der Waals surface area contributed by atoms with Crippen LogP contribution in [0.4, 0.5) is 5.69 Å². The predicted molar refractivity (Wildman–Crippen MR) is 73.4 cm³/mol. The minimum Gasteiger partial charge on any atom is -0.466 e. The number of ether oxygens (including phenoxy) is 1. The Labute approximate surface area is 120 Å². The van der Waals surface area contributed by atoms with Gasteiger partial charge in [0.25, 0.3) is 5.69 Å². The largest absolute Gasteiger partial charge is 0.466 e. The second kappa shape index (κ2) is 6.60. The van der Waals surface area contributed by atoms with Gasteiger partial charge < -0.3 is 4.74 Å². The molecule has 1 rings (SSSR count). The predicted octanol–water partition coefficient (Wildman–Crippen LogP) is 2.07. The van der Waals surface area contributed by atoms with Gasteiger partial charge in [-0.15, -0.1) is 0 Å². The van der Waals surface area contributed by atoms with E-state index < -0.39 is 27.8 Å². The highest BCUT2D eigenvalue weighted by atomic mass is 16.6. The van der Waals surface area contributed by atoms with Gasteiger partial charge in [0.05, 0.1) is 18.0 Å². The number of carbonyl (C=O) groups is 1. The lowest BCUT2D eigenvalue weighted by molar-refractivity contribution is -0.520. The molecule has 0 aliphatic carbocycles. The number of hydrogen-bond donors (Lipinski definition) is 0. The minimum absolute atomic E-state index is 0.0575. The Bertz CT molecular complexity index is 598.